The molecule has 2 aliphatic carbocycles. The standard InChI is InChI=1S/C20H24N2O2/c1-13-4-7-16-19(2,10-8-17-20(16,3)12-21-22-17)15(13)6-5-14-9-11-24-18(14)23/h5,9,11-12,15-16H,1,4,6-8,10H2,2-3H3/b14-5+/t15-,16?,19+,20+/m1/s1. The molecule has 4 nitrogen and oxygen atoms in total. The van der Waals surface area contributed by atoms with Gasteiger partial charge in [-0.1, -0.05) is 25.2 Å². The Kier molecular flexibility index (Phi) is 3.41. The minimum atomic E-state index is -0.244. The second-order valence-electron chi connectivity index (χ2n) is 7.99. The fourth-order valence-electron chi connectivity index (χ4n) is 5.41. The van der Waals surface area contributed by atoms with Crippen molar-refractivity contribution >= 4 is 17.9 Å². The van der Waals surface area contributed by atoms with E-state index in [1.54, 1.807) is 6.08 Å². The van der Waals surface area contributed by atoms with E-state index >= 15 is 0 Å². The van der Waals surface area contributed by atoms with Crippen molar-refractivity contribution in [2.24, 2.45) is 32.9 Å². The van der Waals surface area contributed by atoms with Crippen LogP contribution in [0.15, 0.2) is 46.3 Å². The zero-order valence-electron chi connectivity index (χ0n) is 14.4. The molecule has 1 unspecified atom stereocenters. The molecule has 2 saturated carbocycles. The second-order valence-corrected chi connectivity index (χ2v) is 7.99. The Morgan fingerprint density at radius 2 is 2.25 bits per heavy atom. The number of ether oxygens (including phenoxy) is 1. The van der Waals surface area contributed by atoms with E-state index in [0.717, 1.165) is 32.1 Å². The van der Waals surface area contributed by atoms with E-state index in [-0.39, 0.29) is 16.8 Å². The molecule has 0 radical (unpaired) electrons. The first-order valence-corrected chi connectivity index (χ1v) is 8.82. The molecule has 0 amide bonds. The van der Waals surface area contributed by atoms with Gasteiger partial charge in [-0.15, -0.1) is 0 Å². The minimum Gasteiger partial charge on any atom is -0.431 e. The van der Waals surface area contributed by atoms with E-state index in [9.17, 15) is 4.79 Å². The average molecular weight is 324 g/mol. The van der Waals surface area contributed by atoms with Gasteiger partial charge in [0.1, 0.15) is 0 Å². The Labute approximate surface area is 143 Å². The lowest BCUT2D eigenvalue weighted by Gasteiger charge is -2.57. The fraction of sp³-hybridized carbons (Fsp3) is 0.550. The number of hydrogen-bond donors (Lipinski definition) is 0. The number of cyclic esters (lactones) is 1. The summed E-state index contributed by atoms with van der Waals surface area (Å²) < 4.78 is 4.89. The van der Waals surface area contributed by atoms with Crippen LogP contribution >= 0.6 is 0 Å². The van der Waals surface area contributed by atoms with Crippen molar-refractivity contribution in [3.8, 4) is 0 Å². The Bertz CT molecular complexity index is 730. The molecule has 0 aromatic rings. The topological polar surface area (TPSA) is 51.0 Å². The van der Waals surface area contributed by atoms with Gasteiger partial charge >= 0.3 is 5.97 Å². The van der Waals surface area contributed by atoms with E-state index in [1.165, 1.54) is 17.5 Å². The number of rotatable bonds is 2. The van der Waals surface area contributed by atoms with Crippen molar-refractivity contribution < 1.29 is 9.53 Å². The van der Waals surface area contributed by atoms with Crippen molar-refractivity contribution in [1.82, 2.24) is 0 Å². The second kappa shape index (κ2) is 5.27. The summed E-state index contributed by atoms with van der Waals surface area (Å²) in [5, 5.41) is 8.64. The maximum Gasteiger partial charge on any atom is 0.342 e. The highest BCUT2D eigenvalue weighted by atomic mass is 16.5. The molecule has 0 N–H and O–H groups in total. The van der Waals surface area contributed by atoms with Gasteiger partial charge in [0.05, 0.1) is 17.5 Å². The Balaban J connectivity index is 1.65. The minimum absolute atomic E-state index is 0.00865. The van der Waals surface area contributed by atoms with E-state index in [4.69, 9.17) is 4.74 Å². The monoisotopic (exact) mass is 324 g/mol. The van der Waals surface area contributed by atoms with Gasteiger partial charge in [-0.2, -0.15) is 10.2 Å². The number of allylic oxidation sites excluding steroid dienone is 2. The molecule has 4 heteroatoms. The van der Waals surface area contributed by atoms with Gasteiger partial charge in [0, 0.05) is 11.6 Å². The Morgan fingerprint density at radius 3 is 3.00 bits per heavy atom. The number of hydrogen-bond acceptors (Lipinski definition) is 4. The van der Waals surface area contributed by atoms with Crippen LogP contribution in [0.4, 0.5) is 0 Å². The van der Waals surface area contributed by atoms with Crippen molar-refractivity contribution in [3.05, 3.63) is 36.1 Å². The summed E-state index contributed by atoms with van der Waals surface area (Å²) in [6.45, 7) is 9.08. The third-order valence-corrected chi connectivity index (χ3v) is 6.82. The van der Waals surface area contributed by atoms with Gasteiger partial charge in [0.25, 0.3) is 0 Å². The van der Waals surface area contributed by atoms with E-state index < -0.39 is 0 Å². The number of esters is 1. The van der Waals surface area contributed by atoms with Crippen LogP contribution in [0.1, 0.15) is 46.0 Å². The summed E-state index contributed by atoms with van der Waals surface area (Å²) >= 11 is 0. The number of nitrogens with zero attached hydrogens (tertiary/aromatic N) is 2. The van der Waals surface area contributed by atoms with Crippen molar-refractivity contribution in [2.45, 2.75) is 46.0 Å². The lowest BCUT2D eigenvalue weighted by Crippen LogP contribution is -2.54. The maximum atomic E-state index is 11.7. The Morgan fingerprint density at radius 1 is 1.42 bits per heavy atom. The molecule has 4 atom stereocenters. The average Bonchev–Trinajstić information content (AvgIpc) is 3.11. The molecular weight excluding hydrogens is 300 g/mol. The maximum absolute atomic E-state index is 11.7. The zero-order chi connectivity index (χ0) is 16.9. The summed E-state index contributed by atoms with van der Waals surface area (Å²) in [7, 11) is 0. The smallest absolute Gasteiger partial charge is 0.342 e. The predicted molar refractivity (Wildman–Crippen MR) is 94.7 cm³/mol. The summed E-state index contributed by atoms with van der Waals surface area (Å²) in [4.78, 5) is 11.7. The quantitative estimate of drug-likeness (QED) is 0.434. The van der Waals surface area contributed by atoms with Crippen molar-refractivity contribution in [2.75, 3.05) is 0 Å². The van der Waals surface area contributed by atoms with Crippen molar-refractivity contribution in [1.29, 1.82) is 0 Å². The molecular formula is C20H24N2O2. The van der Waals surface area contributed by atoms with Crippen LogP contribution in [0.3, 0.4) is 0 Å². The summed E-state index contributed by atoms with van der Waals surface area (Å²) in [5.74, 6) is 0.674. The third kappa shape index (κ3) is 2.08. The summed E-state index contributed by atoms with van der Waals surface area (Å²) in [5.41, 5.74) is 3.39. The summed E-state index contributed by atoms with van der Waals surface area (Å²) in [6.07, 6.45) is 12.5. The van der Waals surface area contributed by atoms with Gasteiger partial charge in [-0.05, 0) is 62.4 Å². The highest BCUT2D eigenvalue weighted by Crippen LogP contribution is 2.61. The van der Waals surface area contributed by atoms with E-state index in [2.05, 4.69) is 36.8 Å². The van der Waals surface area contributed by atoms with Crippen LogP contribution in [0.25, 0.3) is 0 Å². The van der Waals surface area contributed by atoms with Gasteiger partial charge < -0.3 is 4.74 Å². The highest BCUT2D eigenvalue weighted by molar-refractivity contribution is 6.06. The van der Waals surface area contributed by atoms with Gasteiger partial charge in [0.15, 0.2) is 0 Å². The number of carbonyl (C=O) groups is 1. The largest absolute Gasteiger partial charge is 0.431 e. The molecule has 126 valence electrons. The van der Waals surface area contributed by atoms with Gasteiger partial charge in [-0.3, -0.25) is 0 Å². The molecule has 0 saturated heterocycles. The lowest BCUT2D eigenvalue weighted by molar-refractivity contribution is -0.132. The molecule has 0 bridgehead atoms. The number of fused-ring (bicyclic) bond motifs is 3. The van der Waals surface area contributed by atoms with Gasteiger partial charge in [-0.25, -0.2) is 4.79 Å². The third-order valence-electron chi connectivity index (χ3n) is 6.82. The normalized spacial score (nSPS) is 42.1. The predicted octanol–water partition coefficient (Wildman–Crippen LogP) is 4.20. The molecule has 0 aromatic heterocycles. The molecule has 2 fully saturated rings. The molecule has 2 heterocycles. The highest BCUT2D eigenvalue weighted by Gasteiger charge is 2.57. The fourth-order valence-corrected chi connectivity index (χ4v) is 5.41. The molecule has 0 spiro atoms. The molecule has 24 heavy (non-hydrogen) atoms. The molecule has 2 aliphatic heterocycles. The van der Waals surface area contributed by atoms with Crippen LogP contribution < -0.4 is 0 Å². The van der Waals surface area contributed by atoms with Crippen molar-refractivity contribution in [3.63, 3.8) is 0 Å². The first kappa shape index (κ1) is 15.6. The van der Waals surface area contributed by atoms with Crippen LogP contribution in [-0.4, -0.2) is 17.9 Å². The van der Waals surface area contributed by atoms with Crippen LogP contribution in [-0.2, 0) is 9.53 Å². The SMILES string of the molecule is C=C1CCC2[C@]3(C)C=NN=C3CC[C@@]2(C)[C@@H]1C/C=C1\C=COC1=O. The van der Waals surface area contributed by atoms with Crippen LogP contribution in [0.2, 0.25) is 0 Å². The molecule has 0 aromatic carbocycles. The summed E-state index contributed by atoms with van der Waals surface area (Å²) in [6, 6.07) is 0. The molecule has 4 aliphatic rings. The molecule has 4 rings (SSSR count). The van der Waals surface area contributed by atoms with E-state index in [0.29, 0.717) is 17.4 Å². The Hall–Kier alpha value is -1.97. The van der Waals surface area contributed by atoms with Gasteiger partial charge in [0.2, 0.25) is 0 Å². The van der Waals surface area contributed by atoms with Crippen LogP contribution in [0, 0.1) is 22.7 Å². The first-order chi connectivity index (χ1) is 11.4. The van der Waals surface area contributed by atoms with E-state index in [1.807, 2.05) is 6.08 Å². The number of carbonyl (C=O) groups excluding carboxylic acids is 1. The zero-order valence-corrected chi connectivity index (χ0v) is 14.4. The van der Waals surface area contributed by atoms with Crippen LogP contribution in [0.5, 0.6) is 0 Å². The lowest BCUT2D eigenvalue weighted by atomic mass is 9.46. The first-order valence-electron chi connectivity index (χ1n) is 8.82.